The number of hydrogen-bond acceptors (Lipinski definition) is 9. The number of ether oxygens (including phenoxy) is 2. The Morgan fingerprint density at radius 1 is 1.39 bits per heavy atom. The number of carbonyl (C=O) groups is 2. The SMILES string of the molecule is COc1nc2occc2nc1C(=O)OC1CC2CCC(C(N)=O)(C1)N2Cc1cccs1. The van der Waals surface area contributed by atoms with E-state index in [2.05, 4.69) is 20.9 Å². The summed E-state index contributed by atoms with van der Waals surface area (Å²) in [7, 11) is 1.40. The molecule has 1 amide bonds. The summed E-state index contributed by atoms with van der Waals surface area (Å²) in [4.78, 5) is 37.4. The Bertz CT molecular complexity index is 1130. The first kappa shape index (κ1) is 20.0. The van der Waals surface area contributed by atoms with Crippen LogP contribution in [0.2, 0.25) is 0 Å². The molecule has 0 radical (unpaired) electrons. The molecule has 2 fully saturated rings. The second-order valence-corrected chi connectivity index (χ2v) is 8.99. The largest absolute Gasteiger partial charge is 0.479 e. The molecule has 5 rings (SSSR count). The number of rotatable bonds is 6. The Morgan fingerprint density at radius 3 is 3.00 bits per heavy atom. The summed E-state index contributed by atoms with van der Waals surface area (Å²) in [5, 5.41) is 2.02. The molecule has 3 atom stereocenters. The van der Waals surface area contributed by atoms with E-state index in [0.717, 1.165) is 6.42 Å². The van der Waals surface area contributed by atoms with Crippen LogP contribution in [0, 0.1) is 0 Å². The third-order valence-corrected chi connectivity index (χ3v) is 7.13. The first-order valence-electron chi connectivity index (χ1n) is 10.1. The summed E-state index contributed by atoms with van der Waals surface area (Å²) in [6.07, 6.45) is 3.49. The summed E-state index contributed by atoms with van der Waals surface area (Å²) in [6.45, 7) is 0.669. The van der Waals surface area contributed by atoms with E-state index in [1.54, 1.807) is 17.4 Å². The molecule has 3 aromatic rings. The quantitative estimate of drug-likeness (QED) is 0.578. The first-order valence-corrected chi connectivity index (χ1v) is 11.0. The molecule has 0 saturated carbocycles. The summed E-state index contributed by atoms with van der Waals surface area (Å²) in [6, 6.07) is 5.79. The Morgan fingerprint density at radius 2 is 2.26 bits per heavy atom. The molecule has 31 heavy (non-hydrogen) atoms. The van der Waals surface area contributed by atoms with Gasteiger partial charge in [-0.2, -0.15) is 4.98 Å². The molecular weight excluding hydrogens is 420 g/mol. The maximum absolute atomic E-state index is 12.9. The highest BCUT2D eigenvalue weighted by Crippen LogP contribution is 2.46. The van der Waals surface area contributed by atoms with Gasteiger partial charge < -0.3 is 19.6 Å². The monoisotopic (exact) mass is 442 g/mol. The number of piperidine rings is 1. The molecular formula is C21H22N4O5S. The minimum atomic E-state index is -0.817. The third-order valence-electron chi connectivity index (χ3n) is 6.27. The number of esters is 1. The van der Waals surface area contributed by atoms with Gasteiger partial charge in [-0.05, 0) is 24.3 Å². The lowest BCUT2D eigenvalue weighted by Crippen LogP contribution is -2.60. The van der Waals surface area contributed by atoms with Crippen molar-refractivity contribution in [2.24, 2.45) is 5.73 Å². The minimum absolute atomic E-state index is 0.0158. The fourth-order valence-electron chi connectivity index (χ4n) is 4.85. The van der Waals surface area contributed by atoms with Crippen LogP contribution >= 0.6 is 11.3 Å². The number of amides is 1. The average molecular weight is 442 g/mol. The van der Waals surface area contributed by atoms with Crippen molar-refractivity contribution in [3.8, 4) is 5.88 Å². The molecule has 0 aliphatic carbocycles. The number of carbonyl (C=O) groups excluding carboxylic acids is 2. The highest BCUT2D eigenvalue weighted by Gasteiger charge is 2.56. The second kappa shape index (κ2) is 7.61. The number of thiophene rings is 1. The topological polar surface area (TPSA) is 121 Å². The van der Waals surface area contributed by atoms with Crippen LogP contribution in [0.5, 0.6) is 5.88 Å². The van der Waals surface area contributed by atoms with Crippen molar-refractivity contribution in [3.05, 3.63) is 40.4 Å². The van der Waals surface area contributed by atoms with Crippen LogP contribution in [0.25, 0.3) is 11.2 Å². The van der Waals surface area contributed by atoms with E-state index in [9.17, 15) is 9.59 Å². The molecule has 2 N–H and O–H groups in total. The smallest absolute Gasteiger partial charge is 0.362 e. The van der Waals surface area contributed by atoms with Gasteiger partial charge in [-0.15, -0.1) is 11.3 Å². The summed E-state index contributed by atoms with van der Waals surface area (Å²) < 4.78 is 16.2. The predicted molar refractivity (Wildman–Crippen MR) is 112 cm³/mol. The number of hydrogen-bond donors (Lipinski definition) is 1. The van der Waals surface area contributed by atoms with Gasteiger partial charge in [0.2, 0.25) is 17.3 Å². The predicted octanol–water partition coefficient (Wildman–Crippen LogP) is 2.50. The molecule has 3 aromatic heterocycles. The Kier molecular flexibility index (Phi) is 4.90. The highest BCUT2D eigenvalue weighted by atomic mass is 32.1. The van der Waals surface area contributed by atoms with Gasteiger partial charge in [0.25, 0.3) is 5.88 Å². The van der Waals surface area contributed by atoms with Crippen LogP contribution in [0.15, 0.2) is 34.3 Å². The summed E-state index contributed by atoms with van der Waals surface area (Å²) >= 11 is 1.66. The normalized spacial score (nSPS) is 25.6. The zero-order valence-electron chi connectivity index (χ0n) is 16.9. The average Bonchev–Trinajstić information content (AvgIpc) is 3.47. The van der Waals surface area contributed by atoms with E-state index >= 15 is 0 Å². The summed E-state index contributed by atoms with van der Waals surface area (Å²) in [5.41, 5.74) is 5.77. The first-order chi connectivity index (χ1) is 15.0. The van der Waals surface area contributed by atoms with E-state index in [1.165, 1.54) is 18.3 Å². The lowest BCUT2D eigenvalue weighted by Gasteiger charge is -2.45. The lowest BCUT2D eigenvalue weighted by molar-refractivity contribution is -0.136. The molecule has 9 nitrogen and oxygen atoms in total. The van der Waals surface area contributed by atoms with Gasteiger partial charge in [0, 0.05) is 36.4 Å². The number of furan rings is 1. The van der Waals surface area contributed by atoms with Gasteiger partial charge in [0.1, 0.15) is 17.2 Å². The molecule has 2 aliphatic heterocycles. The van der Waals surface area contributed by atoms with Crippen molar-refractivity contribution in [1.29, 1.82) is 0 Å². The molecule has 5 heterocycles. The van der Waals surface area contributed by atoms with E-state index in [4.69, 9.17) is 19.6 Å². The Hall–Kier alpha value is -2.98. The van der Waals surface area contributed by atoms with Gasteiger partial charge in [0.05, 0.1) is 13.4 Å². The molecule has 10 heteroatoms. The molecule has 2 bridgehead atoms. The molecule has 2 saturated heterocycles. The number of aromatic nitrogens is 2. The Balaban J connectivity index is 1.38. The van der Waals surface area contributed by atoms with Gasteiger partial charge in [-0.1, -0.05) is 6.07 Å². The van der Waals surface area contributed by atoms with Crippen LogP contribution in [-0.4, -0.2) is 51.5 Å². The third kappa shape index (κ3) is 3.35. The van der Waals surface area contributed by atoms with Crippen LogP contribution in [0.3, 0.4) is 0 Å². The van der Waals surface area contributed by atoms with Crippen LogP contribution in [0.1, 0.15) is 41.0 Å². The maximum atomic E-state index is 12.9. The van der Waals surface area contributed by atoms with Gasteiger partial charge >= 0.3 is 5.97 Å². The van der Waals surface area contributed by atoms with Crippen molar-refractivity contribution >= 4 is 34.4 Å². The highest BCUT2D eigenvalue weighted by molar-refractivity contribution is 7.09. The standard InChI is InChI=1S/C21H22N4O5S/c1-28-18-16(23-15-5-7-29-17(15)24-18)19(26)30-13-9-12-4-6-21(10-13,20(22)27)25(12)11-14-3-2-8-31-14/h2-3,5,7-8,12-13H,4,6,9-11H2,1H3,(H2,22,27). The van der Waals surface area contributed by atoms with Crippen LogP contribution in [-0.2, 0) is 16.1 Å². The van der Waals surface area contributed by atoms with Crippen molar-refractivity contribution in [3.63, 3.8) is 0 Å². The van der Waals surface area contributed by atoms with E-state index in [-0.39, 0.29) is 29.2 Å². The van der Waals surface area contributed by atoms with E-state index in [1.807, 2.05) is 11.4 Å². The van der Waals surface area contributed by atoms with Crippen molar-refractivity contribution in [1.82, 2.24) is 14.9 Å². The zero-order valence-corrected chi connectivity index (χ0v) is 17.8. The molecule has 0 spiro atoms. The van der Waals surface area contributed by atoms with Gasteiger partial charge in [-0.25, -0.2) is 9.78 Å². The van der Waals surface area contributed by atoms with Crippen LogP contribution in [0.4, 0.5) is 0 Å². The van der Waals surface area contributed by atoms with E-state index < -0.39 is 17.6 Å². The zero-order chi connectivity index (χ0) is 21.6. The second-order valence-electron chi connectivity index (χ2n) is 7.96. The number of fused-ring (bicyclic) bond motifs is 3. The lowest BCUT2D eigenvalue weighted by atomic mass is 9.85. The number of nitrogens with zero attached hydrogens (tertiary/aromatic N) is 3. The molecule has 2 aliphatic rings. The molecule has 162 valence electrons. The van der Waals surface area contributed by atoms with Crippen molar-refractivity contribution in [2.75, 3.05) is 7.11 Å². The molecule has 3 unspecified atom stereocenters. The fourth-order valence-corrected chi connectivity index (χ4v) is 5.55. The van der Waals surface area contributed by atoms with E-state index in [0.29, 0.717) is 31.3 Å². The van der Waals surface area contributed by atoms with Gasteiger partial charge in [0.15, 0.2) is 0 Å². The minimum Gasteiger partial charge on any atom is -0.479 e. The summed E-state index contributed by atoms with van der Waals surface area (Å²) in [5.74, 6) is -0.970. The fraction of sp³-hybridized carbons (Fsp3) is 0.429. The van der Waals surface area contributed by atoms with Crippen molar-refractivity contribution < 1.29 is 23.5 Å². The van der Waals surface area contributed by atoms with Crippen molar-refractivity contribution in [2.45, 2.75) is 49.9 Å². The molecule has 0 aromatic carbocycles. The van der Waals surface area contributed by atoms with Gasteiger partial charge in [-0.3, -0.25) is 9.69 Å². The Labute approximate surface area is 182 Å². The number of methoxy groups -OCH3 is 1. The van der Waals surface area contributed by atoms with Crippen LogP contribution < -0.4 is 10.5 Å². The maximum Gasteiger partial charge on any atom is 0.362 e. The number of nitrogens with two attached hydrogens (primary N) is 1. The number of primary amides is 1.